The summed E-state index contributed by atoms with van der Waals surface area (Å²) in [6.45, 7) is 12.8. The van der Waals surface area contributed by atoms with Gasteiger partial charge in [0.2, 0.25) is 0 Å². The van der Waals surface area contributed by atoms with Crippen molar-refractivity contribution in [3.05, 3.63) is 0 Å². The average molecular weight is 228 g/mol. The normalized spacial score (nSPS) is 35.1. The highest BCUT2D eigenvalue weighted by atomic mass is 19.1. The van der Waals surface area contributed by atoms with Crippen LogP contribution in [0.1, 0.15) is 34.1 Å². The SMILES string of the molecule is C[C@@H]1CCN(C2CN(C(C)(C)C)C2)C[C@H]1F. The Morgan fingerprint density at radius 2 is 1.75 bits per heavy atom. The van der Waals surface area contributed by atoms with Crippen LogP contribution in [-0.2, 0) is 0 Å². The standard InChI is InChI=1S/C13H25FN2/c1-10-5-6-15(9-12(10)14)11-7-16(8-11)13(2,3)4/h10-12H,5-9H2,1-4H3/t10-,12-/m1/s1. The molecule has 0 aromatic carbocycles. The number of hydrogen-bond acceptors (Lipinski definition) is 2. The number of halogens is 1. The van der Waals surface area contributed by atoms with E-state index in [1.807, 2.05) is 6.92 Å². The van der Waals surface area contributed by atoms with Gasteiger partial charge in [-0.25, -0.2) is 4.39 Å². The Balaban J connectivity index is 1.80. The number of hydrogen-bond donors (Lipinski definition) is 0. The third-order valence-corrected chi connectivity index (χ3v) is 4.23. The summed E-state index contributed by atoms with van der Waals surface area (Å²) in [7, 11) is 0. The van der Waals surface area contributed by atoms with Crippen molar-refractivity contribution in [2.45, 2.75) is 51.9 Å². The minimum Gasteiger partial charge on any atom is -0.295 e. The third-order valence-electron chi connectivity index (χ3n) is 4.23. The molecule has 0 N–H and O–H groups in total. The maximum atomic E-state index is 13.6. The van der Waals surface area contributed by atoms with E-state index in [-0.39, 0.29) is 11.5 Å². The van der Waals surface area contributed by atoms with Crippen LogP contribution >= 0.6 is 0 Å². The van der Waals surface area contributed by atoms with E-state index in [0.29, 0.717) is 12.6 Å². The molecule has 0 bridgehead atoms. The lowest BCUT2D eigenvalue weighted by atomic mass is 9.92. The van der Waals surface area contributed by atoms with Crippen LogP contribution in [0.4, 0.5) is 4.39 Å². The summed E-state index contributed by atoms with van der Waals surface area (Å²) in [6, 6.07) is 0.602. The van der Waals surface area contributed by atoms with Gasteiger partial charge in [0.05, 0.1) is 0 Å². The minimum absolute atomic E-state index is 0.259. The van der Waals surface area contributed by atoms with Crippen LogP contribution in [0.15, 0.2) is 0 Å². The lowest BCUT2D eigenvalue weighted by molar-refractivity contribution is -0.0469. The van der Waals surface area contributed by atoms with Crippen molar-refractivity contribution in [3.63, 3.8) is 0 Å². The topological polar surface area (TPSA) is 6.48 Å². The molecule has 2 rings (SSSR count). The molecule has 2 nitrogen and oxygen atoms in total. The van der Waals surface area contributed by atoms with Gasteiger partial charge in [-0.05, 0) is 39.7 Å². The quantitative estimate of drug-likeness (QED) is 0.678. The molecule has 0 aromatic heterocycles. The summed E-state index contributed by atoms with van der Waals surface area (Å²) in [6.07, 6.45) is 0.408. The van der Waals surface area contributed by atoms with Crippen molar-refractivity contribution < 1.29 is 4.39 Å². The van der Waals surface area contributed by atoms with Crippen LogP contribution in [0.25, 0.3) is 0 Å². The molecule has 2 atom stereocenters. The van der Waals surface area contributed by atoms with Gasteiger partial charge in [-0.15, -0.1) is 0 Å². The van der Waals surface area contributed by atoms with Gasteiger partial charge in [0.25, 0.3) is 0 Å². The lowest BCUT2D eigenvalue weighted by Crippen LogP contribution is -2.66. The van der Waals surface area contributed by atoms with E-state index in [9.17, 15) is 4.39 Å². The third kappa shape index (κ3) is 2.40. The van der Waals surface area contributed by atoms with Crippen molar-refractivity contribution in [1.29, 1.82) is 0 Å². The number of rotatable bonds is 1. The second-order valence-corrected chi connectivity index (χ2v) is 6.51. The fourth-order valence-electron chi connectivity index (χ4n) is 2.61. The highest BCUT2D eigenvalue weighted by Gasteiger charge is 2.39. The van der Waals surface area contributed by atoms with Crippen LogP contribution in [0.5, 0.6) is 0 Å². The Morgan fingerprint density at radius 1 is 1.12 bits per heavy atom. The Kier molecular flexibility index (Phi) is 3.28. The summed E-state index contributed by atoms with van der Waals surface area (Å²) in [4.78, 5) is 4.83. The van der Waals surface area contributed by atoms with Crippen LogP contribution in [0, 0.1) is 5.92 Å². The second-order valence-electron chi connectivity index (χ2n) is 6.51. The van der Waals surface area contributed by atoms with Gasteiger partial charge in [-0.1, -0.05) is 6.92 Å². The maximum absolute atomic E-state index is 13.6. The molecule has 2 saturated heterocycles. The summed E-state index contributed by atoms with van der Waals surface area (Å²) < 4.78 is 13.6. The predicted molar refractivity (Wildman–Crippen MR) is 65.4 cm³/mol. The van der Waals surface area contributed by atoms with E-state index in [1.54, 1.807) is 0 Å². The van der Waals surface area contributed by atoms with Crippen molar-refractivity contribution >= 4 is 0 Å². The summed E-state index contributed by atoms with van der Waals surface area (Å²) >= 11 is 0. The molecule has 0 unspecified atom stereocenters. The largest absolute Gasteiger partial charge is 0.295 e. The monoisotopic (exact) mass is 228 g/mol. The molecule has 3 heteroatoms. The predicted octanol–water partition coefficient (Wildman–Crippen LogP) is 2.15. The molecule has 94 valence electrons. The number of piperidine rings is 1. The molecule has 0 aromatic rings. The van der Waals surface area contributed by atoms with Crippen LogP contribution in [-0.4, -0.2) is 53.7 Å². The van der Waals surface area contributed by atoms with E-state index in [2.05, 4.69) is 30.6 Å². The Labute approximate surface area is 98.8 Å². The van der Waals surface area contributed by atoms with Gasteiger partial charge in [-0.2, -0.15) is 0 Å². The van der Waals surface area contributed by atoms with E-state index in [4.69, 9.17) is 0 Å². The minimum atomic E-state index is -0.613. The summed E-state index contributed by atoms with van der Waals surface area (Å²) in [5.74, 6) is 0.259. The van der Waals surface area contributed by atoms with Crippen molar-refractivity contribution in [2.24, 2.45) is 5.92 Å². The van der Waals surface area contributed by atoms with Gasteiger partial charge in [0.1, 0.15) is 6.17 Å². The fourth-order valence-corrected chi connectivity index (χ4v) is 2.61. The van der Waals surface area contributed by atoms with Crippen molar-refractivity contribution in [1.82, 2.24) is 9.80 Å². The van der Waals surface area contributed by atoms with Gasteiger partial charge in [-0.3, -0.25) is 9.80 Å². The molecule has 2 fully saturated rings. The highest BCUT2D eigenvalue weighted by molar-refractivity contribution is 4.96. The molecule has 0 spiro atoms. The molecular formula is C13H25FN2. The summed E-state index contributed by atoms with van der Waals surface area (Å²) in [5, 5.41) is 0. The molecule has 2 aliphatic rings. The first-order valence-electron chi connectivity index (χ1n) is 6.51. The van der Waals surface area contributed by atoms with E-state index in [0.717, 1.165) is 26.1 Å². The second kappa shape index (κ2) is 4.26. The molecule has 0 radical (unpaired) electrons. The Morgan fingerprint density at radius 3 is 2.25 bits per heavy atom. The van der Waals surface area contributed by atoms with Gasteiger partial charge in [0.15, 0.2) is 0 Å². The zero-order chi connectivity index (χ0) is 11.9. The van der Waals surface area contributed by atoms with E-state index >= 15 is 0 Å². The lowest BCUT2D eigenvalue weighted by Gasteiger charge is -2.53. The van der Waals surface area contributed by atoms with Crippen LogP contribution in [0.3, 0.4) is 0 Å². The summed E-state index contributed by atoms with van der Waals surface area (Å²) in [5.41, 5.74) is 0.273. The highest BCUT2D eigenvalue weighted by Crippen LogP contribution is 2.28. The van der Waals surface area contributed by atoms with Crippen molar-refractivity contribution in [3.8, 4) is 0 Å². The zero-order valence-corrected chi connectivity index (χ0v) is 11.0. The van der Waals surface area contributed by atoms with Crippen LogP contribution in [0.2, 0.25) is 0 Å². The zero-order valence-electron chi connectivity index (χ0n) is 11.0. The van der Waals surface area contributed by atoms with E-state index < -0.39 is 6.17 Å². The Hall–Kier alpha value is -0.150. The number of nitrogens with zero attached hydrogens (tertiary/aromatic N) is 2. The molecule has 0 aliphatic carbocycles. The maximum Gasteiger partial charge on any atom is 0.115 e. The van der Waals surface area contributed by atoms with Crippen LogP contribution < -0.4 is 0 Å². The average Bonchev–Trinajstić information content (AvgIpc) is 2.06. The first-order valence-corrected chi connectivity index (χ1v) is 6.51. The van der Waals surface area contributed by atoms with Gasteiger partial charge >= 0.3 is 0 Å². The first kappa shape index (κ1) is 12.3. The van der Waals surface area contributed by atoms with Gasteiger partial charge < -0.3 is 0 Å². The number of alkyl halides is 1. The number of likely N-dealkylation sites (tertiary alicyclic amines) is 2. The van der Waals surface area contributed by atoms with Gasteiger partial charge in [0, 0.05) is 31.2 Å². The molecule has 0 saturated carbocycles. The molecular weight excluding hydrogens is 203 g/mol. The molecule has 2 aliphatic heterocycles. The fraction of sp³-hybridized carbons (Fsp3) is 1.00. The van der Waals surface area contributed by atoms with Crippen molar-refractivity contribution in [2.75, 3.05) is 26.2 Å². The molecule has 0 amide bonds. The van der Waals surface area contributed by atoms with E-state index in [1.165, 1.54) is 0 Å². The Bertz CT molecular complexity index is 243. The smallest absolute Gasteiger partial charge is 0.115 e. The molecule has 2 heterocycles. The first-order chi connectivity index (χ1) is 7.38. The molecule has 16 heavy (non-hydrogen) atoms.